The zero-order valence-electron chi connectivity index (χ0n) is 19.3. The van der Waals surface area contributed by atoms with Gasteiger partial charge in [-0.3, -0.25) is 9.79 Å². The van der Waals surface area contributed by atoms with E-state index in [1.807, 2.05) is 4.90 Å². The van der Waals surface area contributed by atoms with Crippen LogP contribution in [0.2, 0.25) is 0 Å². The van der Waals surface area contributed by atoms with Crippen LogP contribution in [0, 0.1) is 12.8 Å². The maximum atomic E-state index is 12.0. The van der Waals surface area contributed by atoms with E-state index in [0.717, 1.165) is 69.3 Å². The molecule has 2 N–H and O–H groups in total. The van der Waals surface area contributed by atoms with Crippen LogP contribution in [0.4, 0.5) is 0 Å². The van der Waals surface area contributed by atoms with Crippen LogP contribution in [0.3, 0.4) is 0 Å². The summed E-state index contributed by atoms with van der Waals surface area (Å²) in [7, 11) is 1.78. The number of aliphatic imine (C=N–C) groups is 1. The normalized spacial score (nSPS) is 20.2. The highest BCUT2D eigenvalue weighted by Gasteiger charge is 2.26. The average molecular weight is 431 g/mol. The summed E-state index contributed by atoms with van der Waals surface area (Å²) in [5.74, 6) is 2.46. The number of aryl methyl sites for hydroxylation is 1. The van der Waals surface area contributed by atoms with Gasteiger partial charge in [0.05, 0.1) is 13.2 Å². The number of likely N-dealkylation sites (tertiary alicyclic amines) is 1. The molecule has 31 heavy (non-hydrogen) atoms. The largest absolute Gasteiger partial charge is 0.493 e. The molecule has 2 aliphatic rings. The third-order valence-corrected chi connectivity index (χ3v) is 6.18. The van der Waals surface area contributed by atoms with Gasteiger partial charge in [0, 0.05) is 57.2 Å². The molecule has 2 unspecified atom stereocenters. The lowest BCUT2D eigenvalue weighted by Crippen LogP contribution is -2.41. The monoisotopic (exact) mass is 430 g/mol. The fraction of sp³-hybridized carbons (Fsp3) is 0.667. The number of carbonyl (C=O) groups is 1. The fourth-order valence-corrected chi connectivity index (χ4v) is 4.26. The van der Waals surface area contributed by atoms with Gasteiger partial charge in [0.1, 0.15) is 5.75 Å². The molecular formula is C24H38N4O3. The predicted molar refractivity (Wildman–Crippen MR) is 123 cm³/mol. The van der Waals surface area contributed by atoms with Crippen molar-refractivity contribution in [2.24, 2.45) is 10.9 Å². The highest BCUT2D eigenvalue weighted by Crippen LogP contribution is 2.23. The van der Waals surface area contributed by atoms with Crippen molar-refractivity contribution in [2.75, 3.05) is 40.0 Å². The van der Waals surface area contributed by atoms with Gasteiger partial charge in [0.15, 0.2) is 5.96 Å². The van der Waals surface area contributed by atoms with Crippen molar-refractivity contribution in [1.82, 2.24) is 15.5 Å². The van der Waals surface area contributed by atoms with E-state index in [2.05, 4.69) is 47.7 Å². The number of rotatable bonds is 10. The highest BCUT2D eigenvalue weighted by atomic mass is 16.5. The van der Waals surface area contributed by atoms with Crippen molar-refractivity contribution < 1.29 is 14.3 Å². The second kappa shape index (κ2) is 11.9. The van der Waals surface area contributed by atoms with E-state index >= 15 is 0 Å². The highest BCUT2D eigenvalue weighted by molar-refractivity contribution is 5.80. The first-order valence-electron chi connectivity index (χ1n) is 11.6. The summed E-state index contributed by atoms with van der Waals surface area (Å²) < 4.78 is 11.6. The van der Waals surface area contributed by atoms with Crippen LogP contribution in [-0.4, -0.2) is 62.8 Å². The molecule has 2 heterocycles. The van der Waals surface area contributed by atoms with Crippen molar-refractivity contribution in [3.63, 3.8) is 0 Å². The second-order valence-corrected chi connectivity index (χ2v) is 8.55. The van der Waals surface area contributed by atoms with Gasteiger partial charge in [0.2, 0.25) is 5.91 Å². The van der Waals surface area contributed by atoms with Gasteiger partial charge in [-0.05, 0) is 44.2 Å². The van der Waals surface area contributed by atoms with Gasteiger partial charge in [-0.25, -0.2) is 0 Å². The van der Waals surface area contributed by atoms with Gasteiger partial charge in [-0.15, -0.1) is 0 Å². The van der Waals surface area contributed by atoms with Crippen LogP contribution in [0.5, 0.6) is 5.75 Å². The van der Waals surface area contributed by atoms with Gasteiger partial charge < -0.3 is 25.0 Å². The maximum Gasteiger partial charge on any atom is 0.222 e. The van der Waals surface area contributed by atoms with Crippen molar-refractivity contribution in [3.8, 4) is 5.75 Å². The Morgan fingerprint density at radius 3 is 2.94 bits per heavy atom. The van der Waals surface area contributed by atoms with E-state index < -0.39 is 0 Å². The van der Waals surface area contributed by atoms with Gasteiger partial charge in [-0.2, -0.15) is 0 Å². The summed E-state index contributed by atoms with van der Waals surface area (Å²) in [5.41, 5.74) is 2.30. The summed E-state index contributed by atoms with van der Waals surface area (Å²) in [5, 5.41) is 6.79. The van der Waals surface area contributed by atoms with Crippen LogP contribution < -0.4 is 15.4 Å². The number of hydrogen-bond acceptors (Lipinski definition) is 4. The SMILES string of the molecule is CCC(CCNC(=NC)NCc1ccc(C)cc1OCC1CCOC1)N1CCCC1=O. The van der Waals surface area contributed by atoms with Crippen LogP contribution in [-0.2, 0) is 16.1 Å². The minimum Gasteiger partial charge on any atom is -0.493 e. The lowest BCUT2D eigenvalue weighted by molar-refractivity contribution is -0.129. The summed E-state index contributed by atoms with van der Waals surface area (Å²) >= 11 is 0. The summed E-state index contributed by atoms with van der Waals surface area (Å²) in [4.78, 5) is 18.4. The Hall–Kier alpha value is -2.28. The molecule has 1 aromatic carbocycles. The number of guanidine groups is 1. The van der Waals surface area contributed by atoms with Crippen LogP contribution >= 0.6 is 0 Å². The number of nitrogens with one attached hydrogen (secondary N) is 2. The third kappa shape index (κ3) is 6.86. The summed E-state index contributed by atoms with van der Waals surface area (Å²) in [6.07, 6.45) is 4.65. The fourth-order valence-electron chi connectivity index (χ4n) is 4.26. The van der Waals surface area contributed by atoms with Crippen molar-refractivity contribution >= 4 is 11.9 Å². The molecule has 0 saturated carbocycles. The molecule has 172 valence electrons. The zero-order chi connectivity index (χ0) is 22.1. The Morgan fingerprint density at radius 1 is 1.39 bits per heavy atom. The minimum absolute atomic E-state index is 0.297. The molecule has 2 atom stereocenters. The summed E-state index contributed by atoms with van der Waals surface area (Å²) in [6, 6.07) is 6.62. The number of ether oxygens (including phenoxy) is 2. The van der Waals surface area contributed by atoms with Crippen LogP contribution in [0.15, 0.2) is 23.2 Å². The van der Waals surface area contributed by atoms with Crippen molar-refractivity contribution in [3.05, 3.63) is 29.3 Å². The lowest BCUT2D eigenvalue weighted by atomic mass is 10.1. The summed E-state index contributed by atoms with van der Waals surface area (Å²) in [6.45, 7) is 8.86. The number of hydrogen-bond donors (Lipinski definition) is 2. The number of nitrogens with zero attached hydrogens (tertiary/aromatic N) is 2. The predicted octanol–water partition coefficient (Wildman–Crippen LogP) is 2.87. The molecule has 0 spiro atoms. The number of carbonyl (C=O) groups excluding carboxylic acids is 1. The van der Waals surface area contributed by atoms with Crippen molar-refractivity contribution in [2.45, 2.75) is 58.5 Å². The molecule has 1 amide bonds. The average Bonchev–Trinajstić information content (AvgIpc) is 3.44. The Kier molecular flexibility index (Phi) is 9.00. The second-order valence-electron chi connectivity index (χ2n) is 8.55. The molecule has 7 heteroatoms. The first-order valence-corrected chi connectivity index (χ1v) is 11.6. The van der Waals surface area contributed by atoms with Crippen LogP contribution in [0.1, 0.15) is 50.2 Å². The van der Waals surface area contributed by atoms with E-state index in [1.165, 1.54) is 5.56 Å². The Bertz CT molecular complexity index is 746. The minimum atomic E-state index is 0.297. The van der Waals surface area contributed by atoms with E-state index in [9.17, 15) is 4.79 Å². The molecule has 1 aromatic rings. The maximum absolute atomic E-state index is 12.0. The molecule has 2 aliphatic heterocycles. The van der Waals surface area contributed by atoms with Crippen LogP contribution in [0.25, 0.3) is 0 Å². The molecule has 0 bridgehead atoms. The molecule has 2 saturated heterocycles. The quantitative estimate of drug-likeness (QED) is 0.441. The van der Waals surface area contributed by atoms with Gasteiger partial charge in [-0.1, -0.05) is 19.1 Å². The Labute approximate surface area is 186 Å². The first-order chi connectivity index (χ1) is 15.1. The van der Waals surface area contributed by atoms with Crippen molar-refractivity contribution in [1.29, 1.82) is 0 Å². The van der Waals surface area contributed by atoms with Gasteiger partial charge in [0.25, 0.3) is 0 Å². The third-order valence-electron chi connectivity index (χ3n) is 6.18. The Balaban J connectivity index is 1.47. The van der Waals surface area contributed by atoms with Gasteiger partial charge >= 0.3 is 0 Å². The lowest BCUT2D eigenvalue weighted by Gasteiger charge is -2.27. The van der Waals surface area contributed by atoms with E-state index in [4.69, 9.17) is 9.47 Å². The van der Waals surface area contributed by atoms with E-state index in [-0.39, 0.29) is 0 Å². The zero-order valence-corrected chi connectivity index (χ0v) is 19.3. The molecule has 0 aliphatic carbocycles. The smallest absolute Gasteiger partial charge is 0.222 e. The molecule has 3 rings (SSSR count). The topological polar surface area (TPSA) is 75.2 Å². The molecule has 2 fully saturated rings. The molecule has 0 radical (unpaired) electrons. The molecular weight excluding hydrogens is 392 g/mol. The van der Waals surface area contributed by atoms with E-state index in [1.54, 1.807) is 7.05 Å². The van der Waals surface area contributed by atoms with E-state index in [0.29, 0.717) is 37.4 Å². The molecule has 7 nitrogen and oxygen atoms in total. The number of amides is 1. The Morgan fingerprint density at radius 2 is 2.26 bits per heavy atom. The molecule has 0 aromatic heterocycles. The first kappa shape index (κ1) is 23.4. The standard InChI is InChI=1S/C24H38N4O3/c1-4-21(28-12-5-6-23(28)29)9-11-26-24(25-3)27-15-20-8-7-18(2)14-22(20)31-17-19-10-13-30-16-19/h7-8,14,19,21H,4-6,9-13,15-17H2,1-3H3,(H2,25,26,27). The number of benzene rings is 1.